The molecule has 9 nitrogen and oxygen atoms in total. The molecule has 0 amide bonds. The van der Waals surface area contributed by atoms with E-state index < -0.39 is 9.84 Å². The molecule has 0 unspecified atom stereocenters. The maximum absolute atomic E-state index is 11.8. The van der Waals surface area contributed by atoms with Gasteiger partial charge in [0, 0.05) is 65.7 Å². The average molecular weight is 521 g/mol. The Kier molecular flexibility index (Phi) is 6.39. The molecule has 0 N–H and O–H groups in total. The van der Waals surface area contributed by atoms with Crippen LogP contribution in [-0.4, -0.2) is 64.9 Å². The Labute approximate surface area is 217 Å². The minimum absolute atomic E-state index is 0.116. The van der Waals surface area contributed by atoms with Crippen molar-refractivity contribution in [1.29, 1.82) is 0 Å². The number of fused-ring (bicyclic) bond motifs is 1. The number of aryl methyl sites for hydroxylation is 1. The second kappa shape index (κ2) is 9.41. The van der Waals surface area contributed by atoms with E-state index in [1.807, 2.05) is 36.0 Å². The van der Waals surface area contributed by atoms with E-state index in [0.29, 0.717) is 18.1 Å². The molecule has 4 aromatic heterocycles. The van der Waals surface area contributed by atoms with Crippen LogP contribution in [-0.2, 0) is 9.84 Å². The first-order valence-electron chi connectivity index (χ1n) is 12.4. The van der Waals surface area contributed by atoms with Gasteiger partial charge in [-0.15, -0.1) is 0 Å². The number of rotatable bonds is 7. The number of aromatic nitrogens is 5. The molecule has 0 radical (unpaired) electrons. The summed E-state index contributed by atoms with van der Waals surface area (Å²) in [7, 11) is -1.39. The lowest BCUT2D eigenvalue weighted by atomic mass is 9.90. The third-order valence-corrected chi connectivity index (χ3v) is 8.15. The highest BCUT2D eigenvalue weighted by Gasteiger charge is 2.38. The van der Waals surface area contributed by atoms with Crippen molar-refractivity contribution < 1.29 is 13.2 Å². The predicted octanol–water partition coefficient (Wildman–Crippen LogP) is 4.19. The molecular formula is C27H32N6O3S. The van der Waals surface area contributed by atoms with Crippen LogP contribution >= 0.6 is 0 Å². The monoisotopic (exact) mass is 520 g/mol. The molecule has 10 heteroatoms. The van der Waals surface area contributed by atoms with Crippen LogP contribution in [0, 0.1) is 12.8 Å². The van der Waals surface area contributed by atoms with Gasteiger partial charge in [-0.3, -0.25) is 9.97 Å². The Bertz CT molecular complexity index is 1580. The van der Waals surface area contributed by atoms with E-state index in [9.17, 15) is 8.42 Å². The van der Waals surface area contributed by atoms with Crippen molar-refractivity contribution in [1.82, 2.24) is 24.7 Å². The zero-order chi connectivity index (χ0) is 26.5. The van der Waals surface area contributed by atoms with Gasteiger partial charge >= 0.3 is 0 Å². The molecular weight excluding hydrogens is 488 g/mol. The summed E-state index contributed by atoms with van der Waals surface area (Å²) in [5, 5.41) is 5.64. The van der Waals surface area contributed by atoms with E-state index in [1.165, 1.54) is 6.26 Å². The van der Waals surface area contributed by atoms with E-state index >= 15 is 0 Å². The van der Waals surface area contributed by atoms with Crippen molar-refractivity contribution in [2.24, 2.45) is 5.92 Å². The van der Waals surface area contributed by atoms with Crippen LogP contribution in [0.1, 0.15) is 38.1 Å². The average Bonchev–Trinajstić information content (AvgIpc) is 3.30. The molecule has 4 aromatic rings. The number of nitrogens with zero attached hydrogens (tertiary/aromatic N) is 6. The minimum Gasteiger partial charge on any atom is -0.496 e. The summed E-state index contributed by atoms with van der Waals surface area (Å²) in [6, 6.07) is 8.07. The third kappa shape index (κ3) is 4.77. The smallest absolute Gasteiger partial charge is 0.156 e. The molecule has 0 aromatic carbocycles. The highest BCUT2D eigenvalue weighted by molar-refractivity contribution is 7.90. The Morgan fingerprint density at radius 2 is 1.95 bits per heavy atom. The van der Waals surface area contributed by atoms with E-state index in [-0.39, 0.29) is 23.6 Å². The highest BCUT2D eigenvalue weighted by Crippen LogP contribution is 2.35. The molecule has 0 saturated carbocycles. The summed E-state index contributed by atoms with van der Waals surface area (Å²) < 4.78 is 31.1. The van der Waals surface area contributed by atoms with Crippen LogP contribution in [0.3, 0.4) is 0 Å². The number of sulfone groups is 1. The van der Waals surface area contributed by atoms with Gasteiger partial charge in [-0.2, -0.15) is 5.10 Å². The van der Waals surface area contributed by atoms with Gasteiger partial charge in [-0.05, 0) is 38.0 Å². The molecule has 194 valence electrons. The largest absolute Gasteiger partial charge is 0.496 e. The topological polar surface area (TPSA) is 103 Å². The molecule has 2 atom stereocenters. The molecule has 0 spiro atoms. The van der Waals surface area contributed by atoms with Crippen molar-refractivity contribution in [3.05, 3.63) is 54.2 Å². The summed E-state index contributed by atoms with van der Waals surface area (Å²) >= 11 is 0. The van der Waals surface area contributed by atoms with Gasteiger partial charge < -0.3 is 9.64 Å². The fraction of sp³-hybridized carbons (Fsp3) is 0.407. The number of pyridine rings is 3. The number of methoxy groups -OCH3 is 1. The van der Waals surface area contributed by atoms with Gasteiger partial charge in [0.2, 0.25) is 0 Å². The fourth-order valence-electron chi connectivity index (χ4n) is 4.95. The van der Waals surface area contributed by atoms with E-state index in [2.05, 4.69) is 36.7 Å². The lowest BCUT2D eigenvalue weighted by Gasteiger charge is -2.48. The van der Waals surface area contributed by atoms with Crippen molar-refractivity contribution in [2.75, 3.05) is 30.6 Å². The van der Waals surface area contributed by atoms with E-state index in [4.69, 9.17) is 19.8 Å². The lowest BCUT2D eigenvalue weighted by molar-refractivity contribution is 0.341. The van der Waals surface area contributed by atoms with Gasteiger partial charge in [0.05, 0.1) is 35.8 Å². The lowest BCUT2D eigenvalue weighted by Crippen LogP contribution is -2.57. The van der Waals surface area contributed by atoms with Gasteiger partial charge in [-0.25, -0.2) is 18.1 Å². The van der Waals surface area contributed by atoms with Crippen molar-refractivity contribution in [3.8, 4) is 22.8 Å². The second-order valence-electron chi connectivity index (χ2n) is 10.2. The Balaban J connectivity index is 1.59. The zero-order valence-electron chi connectivity index (χ0n) is 22.0. The van der Waals surface area contributed by atoms with Gasteiger partial charge in [0.1, 0.15) is 15.6 Å². The number of ether oxygens (including phenoxy) is 1. The first kappa shape index (κ1) is 25.1. The third-order valence-electron chi connectivity index (χ3n) is 7.11. The fourth-order valence-corrected chi connectivity index (χ4v) is 6.11. The quantitative estimate of drug-likeness (QED) is 0.357. The standard InChI is InChI=1S/C27H32N6O3S/c1-16(2)23-9-20(32-14-19(18(32)4)15-37(6,34)35)10-27(31-23)33-25-11-24(30-17(3)21(25)13-29-33)22-12-28-8-7-26(22)36-5/h7-13,16,18-19H,14-15H2,1-6H3/t18-,19-/m1/s1. The summed E-state index contributed by atoms with van der Waals surface area (Å²) in [5.41, 5.74) is 5.27. The first-order chi connectivity index (χ1) is 17.6. The zero-order valence-corrected chi connectivity index (χ0v) is 22.8. The highest BCUT2D eigenvalue weighted by atomic mass is 32.2. The Morgan fingerprint density at radius 3 is 2.62 bits per heavy atom. The summed E-state index contributed by atoms with van der Waals surface area (Å²) in [4.78, 5) is 16.3. The van der Waals surface area contributed by atoms with E-state index in [0.717, 1.165) is 39.2 Å². The van der Waals surface area contributed by atoms with Gasteiger partial charge in [0.25, 0.3) is 0 Å². The summed E-state index contributed by atoms with van der Waals surface area (Å²) in [5.74, 6) is 1.94. The Hall–Kier alpha value is -3.53. The van der Waals surface area contributed by atoms with Crippen LogP contribution in [0.25, 0.3) is 28.0 Å². The minimum atomic E-state index is -3.02. The SMILES string of the molecule is COc1ccncc1-c1cc2c(cnn2-c2cc(N3C[C@H](CS(C)(=O)=O)[C@H]3C)cc(C(C)C)n2)c(C)n1. The van der Waals surface area contributed by atoms with Gasteiger partial charge in [-0.1, -0.05) is 13.8 Å². The number of anilines is 1. The van der Waals surface area contributed by atoms with Crippen molar-refractivity contribution in [3.63, 3.8) is 0 Å². The van der Waals surface area contributed by atoms with Crippen molar-refractivity contribution in [2.45, 2.75) is 39.7 Å². The number of hydrogen-bond donors (Lipinski definition) is 0. The molecule has 5 rings (SSSR count). The first-order valence-corrected chi connectivity index (χ1v) is 14.4. The summed E-state index contributed by atoms with van der Waals surface area (Å²) in [6.45, 7) is 8.98. The number of hydrogen-bond acceptors (Lipinski definition) is 8. The normalized spacial score (nSPS) is 17.9. The molecule has 1 fully saturated rings. The molecule has 0 aliphatic carbocycles. The van der Waals surface area contributed by atoms with Gasteiger partial charge in [0.15, 0.2) is 5.82 Å². The summed E-state index contributed by atoms with van der Waals surface area (Å²) in [6.07, 6.45) is 6.57. The predicted molar refractivity (Wildman–Crippen MR) is 145 cm³/mol. The van der Waals surface area contributed by atoms with Crippen LogP contribution in [0.15, 0.2) is 42.9 Å². The van der Waals surface area contributed by atoms with Crippen LogP contribution in [0.4, 0.5) is 5.69 Å². The molecule has 37 heavy (non-hydrogen) atoms. The molecule has 1 aliphatic heterocycles. The molecule has 0 bridgehead atoms. The van der Waals surface area contributed by atoms with Crippen LogP contribution < -0.4 is 9.64 Å². The molecule has 5 heterocycles. The molecule has 1 aliphatic rings. The van der Waals surface area contributed by atoms with Crippen LogP contribution in [0.2, 0.25) is 0 Å². The van der Waals surface area contributed by atoms with Crippen LogP contribution in [0.5, 0.6) is 5.75 Å². The second-order valence-corrected chi connectivity index (χ2v) is 12.4. The van der Waals surface area contributed by atoms with E-state index in [1.54, 1.807) is 19.5 Å². The Morgan fingerprint density at radius 1 is 1.16 bits per heavy atom. The maximum Gasteiger partial charge on any atom is 0.156 e. The molecule has 1 saturated heterocycles. The van der Waals surface area contributed by atoms with Crippen molar-refractivity contribution >= 4 is 26.4 Å². The maximum atomic E-state index is 11.8.